The van der Waals surface area contributed by atoms with E-state index >= 15 is 0 Å². The lowest BCUT2D eigenvalue weighted by Gasteiger charge is -2.19. The van der Waals surface area contributed by atoms with Crippen molar-refractivity contribution in [3.63, 3.8) is 0 Å². The molecule has 3 aromatic heterocycles. The van der Waals surface area contributed by atoms with Crippen molar-refractivity contribution in [3.8, 4) is 12.0 Å². The van der Waals surface area contributed by atoms with Crippen molar-refractivity contribution in [3.05, 3.63) is 59.0 Å². The average Bonchev–Trinajstić information content (AvgIpc) is 3.38. The minimum atomic E-state index is -0.151. The van der Waals surface area contributed by atoms with Crippen LogP contribution >= 0.6 is 0 Å². The second-order valence-corrected chi connectivity index (χ2v) is 9.55. The van der Waals surface area contributed by atoms with Crippen molar-refractivity contribution >= 4 is 41.1 Å². The van der Waals surface area contributed by atoms with Crippen LogP contribution in [0.1, 0.15) is 35.6 Å². The van der Waals surface area contributed by atoms with Crippen LogP contribution in [0.15, 0.2) is 47.0 Å². The topological polar surface area (TPSA) is 180 Å². The Balaban J connectivity index is 1.80. The molecule has 0 bridgehead atoms. The van der Waals surface area contributed by atoms with Gasteiger partial charge in [-0.2, -0.15) is 15.2 Å². The molecule has 1 aromatic carbocycles. The van der Waals surface area contributed by atoms with Gasteiger partial charge in [-0.3, -0.25) is 0 Å². The number of aryl methyl sites for hydroxylation is 3. The standard InChI is InChI=1S/C28H32N12O2/c1-17-12-18(2)22(19(3)13-17)34-27-35-25(30-10-7-11-41)23(26(36-27)33-20(4)16-42-5)37-38-24-21(14-29)15-40(39-24)28-31-8-6-9-32-28/h6,8-9,11-13,15,20H,7,10,16H2,1-5H3,(H3,30,33,34,35,36)/b38-37-. The van der Waals surface area contributed by atoms with E-state index in [1.165, 1.54) is 10.9 Å². The fourth-order valence-corrected chi connectivity index (χ4v) is 4.22. The van der Waals surface area contributed by atoms with Crippen LogP contribution in [0.4, 0.5) is 34.8 Å². The Labute approximate surface area is 243 Å². The predicted octanol–water partition coefficient (Wildman–Crippen LogP) is 4.86. The summed E-state index contributed by atoms with van der Waals surface area (Å²) in [6.07, 6.45) is 5.68. The van der Waals surface area contributed by atoms with E-state index in [2.05, 4.69) is 64.4 Å². The van der Waals surface area contributed by atoms with Gasteiger partial charge in [0, 0.05) is 44.2 Å². The van der Waals surface area contributed by atoms with Gasteiger partial charge in [-0.15, -0.1) is 15.3 Å². The molecule has 14 heteroatoms. The van der Waals surface area contributed by atoms with Crippen molar-refractivity contribution in [2.45, 2.75) is 40.2 Å². The Kier molecular flexibility index (Phi) is 9.80. The van der Waals surface area contributed by atoms with Crippen LogP contribution in [0.3, 0.4) is 0 Å². The molecule has 0 aliphatic rings. The van der Waals surface area contributed by atoms with E-state index in [9.17, 15) is 10.1 Å². The van der Waals surface area contributed by atoms with Crippen molar-refractivity contribution in [2.75, 3.05) is 36.2 Å². The summed E-state index contributed by atoms with van der Waals surface area (Å²) in [5.41, 5.74) is 4.56. The van der Waals surface area contributed by atoms with Crippen molar-refractivity contribution in [1.29, 1.82) is 5.26 Å². The molecule has 4 rings (SSSR count). The van der Waals surface area contributed by atoms with Gasteiger partial charge in [0.2, 0.25) is 11.8 Å². The first-order valence-corrected chi connectivity index (χ1v) is 13.2. The monoisotopic (exact) mass is 568 g/mol. The van der Waals surface area contributed by atoms with E-state index in [0.29, 0.717) is 30.7 Å². The summed E-state index contributed by atoms with van der Waals surface area (Å²) in [5.74, 6) is 1.35. The maximum Gasteiger partial charge on any atom is 0.250 e. The summed E-state index contributed by atoms with van der Waals surface area (Å²) in [4.78, 5) is 28.8. The highest BCUT2D eigenvalue weighted by atomic mass is 16.5. The molecule has 3 heterocycles. The minimum absolute atomic E-state index is 0.0628. The number of methoxy groups -OCH3 is 1. The Morgan fingerprint density at radius 3 is 2.50 bits per heavy atom. The molecular formula is C28H32N12O2. The van der Waals surface area contributed by atoms with Gasteiger partial charge in [0.15, 0.2) is 17.3 Å². The quantitative estimate of drug-likeness (QED) is 0.114. The second-order valence-electron chi connectivity index (χ2n) is 9.55. The summed E-state index contributed by atoms with van der Waals surface area (Å²) < 4.78 is 6.66. The molecule has 0 fully saturated rings. The van der Waals surface area contributed by atoms with Crippen LogP contribution in [-0.2, 0) is 9.53 Å². The maximum atomic E-state index is 11.1. The van der Waals surface area contributed by atoms with Gasteiger partial charge < -0.3 is 25.5 Å². The summed E-state index contributed by atoms with van der Waals surface area (Å²) in [6, 6.07) is 7.75. The Bertz CT molecular complexity index is 1590. The molecule has 14 nitrogen and oxygen atoms in total. The number of carbonyl (C=O) groups is 1. The molecule has 0 aliphatic heterocycles. The molecule has 0 saturated heterocycles. The van der Waals surface area contributed by atoms with E-state index in [-0.39, 0.29) is 35.5 Å². The second kappa shape index (κ2) is 13.9. The van der Waals surface area contributed by atoms with E-state index < -0.39 is 0 Å². The van der Waals surface area contributed by atoms with Crippen LogP contribution in [0.25, 0.3) is 5.95 Å². The first-order chi connectivity index (χ1) is 20.3. The third-order valence-corrected chi connectivity index (χ3v) is 5.97. The van der Waals surface area contributed by atoms with Crippen molar-refractivity contribution < 1.29 is 9.53 Å². The first kappa shape index (κ1) is 29.7. The Hall–Kier alpha value is -5.29. The predicted molar refractivity (Wildman–Crippen MR) is 158 cm³/mol. The molecule has 0 radical (unpaired) electrons. The molecule has 1 unspecified atom stereocenters. The lowest BCUT2D eigenvalue weighted by atomic mass is 10.1. The van der Waals surface area contributed by atoms with Gasteiger partial charge in [-0.05, 0) is 44.9 Å². The number of aldehydes is 1. The van der Waals surface area contributed by atoms with Gasteiger partial charge in [0.25, 0.3) is 5.95 Å². The lowest BCUT2D eigenvalue weighted by molar-refractivity contribution is -0.107. The smallest absolute Gasteiger partial charge is 0.250 e. The van der Waals surface area contributed by atoms with Gasteiger partial charge in [-0.1, -0.05) is 17.7 Å². The number of nitriles is 1. The SMILES string of the molecule is COCC(C)Nc1nc(Nc2c(C)cc(C)cc2C)nc(NCCC=O)c1/N=N\c1nn(-c2ncccn2)cc1C#N. The van der Waals surface area contributed by atoms with E-state index in [1.54, 1.807) is 25.6 Å². The first-order valence-electron chi connectivity index (χ1n) is 13.2. The highest BCUT2D eigenvalue weighted by Gasteiger charge is 2.19. The fourth-order valence-electron chi connectivity index (χ4n) is 4.22. The third-order valence-electron chi connectivity index (χ3n) is 5.97. The normalized spacial score (nSPS) is 11.7. The molecule has 42 heavy (non-hydrogen) atoms. The number of hydrogen-bond acceptors (Lipinski definition) is 13. The van der Waals surface area contributed by atoms with E-state index in [0.717, 1.165) is 28.7 Å². The zero-order valence-electron chi connectivity index (χ0n) is 24.1. The number of rotatable bonds is 13. The van der Waals surface area contributed by atoms with Gasteiger partial charge in [-0.25, -0.2) is 14.6 Å². The van der Waals surface area contributed by atoms with E-state index in [1.807, 2.05) is 27.7 Å². The van der Waals surface area contributed by atoms with Crippen molar-refractivity contribution in [2.24, 2.45) is 10.2 Å². The summed E-state index contributed by atoms with van der Waals surface area (Å²) >= 11 is 0. The number of nitrogens with zero attached hydrogens (tertiary/aromatic N) is 9. The maximum absolute atomic E-state index is 11.1. The zero-order valence-corrected chi connectivity index (χ0v) is 24.1. The molecule has 0 saturated carbocycles. The average molecular weight is 569 g/mol. The number of benzene rings is 1. The number of carbonyl (C=O) groups excluding carboxylic acids is 1. The van der Waals surface area contributed by atoms with Crippen LogP contribution < -0.4 is 16.0 Å². The number of hydrogen-bond donors (Lipinski definition) is 3. The van der Waals surface area contributed by atoms with Crippen LogP contribution in [0.2, 0.25) is 0 Å². The van der Waals surface area contributed by atoms with Gasteiger partial charge >= 0.3 is 0 Å². The molecular weight excluding hydrogens is 536 g/mol. The zero-order chi connectivity index (χ0) is 30.1. The highest BCUT2D eigenvalue weighted by Crippen LogP contribution is 2.36. The summed E-state index contributed by atoms with van der Waals surface area (Å²) in [6.45, 7) is 8.71. The fraction of sp³-hybridized carbons (Fsp3) is 0.321. The number of nitrogens with one attached hydrogen (secondary N) is 3. The lowest BCUT2D eigenvalue weighted by Crippen LogP contribution is -2.22. The summed E-state index contributed by atoms with van der Waals surface area (Å²) in [7, 11) is 1.61. The van der Waals surface area contributed by atoms with Crippen LogP contribution in [0, 0.1) is 32.1 Å². The number of anilines is 4. The number of aromatic nitrogens is 6. The largest absolute Gasteiger partial charge is 0.383 e. The molecule has 216 valence electrons. The number of azo groups is 1. The number of ether oxygens (including phenoxy) is 1. The molecule has 4 aromatic rings. The minimum Gasteiger partial charge on any atom is -0.383 e. The molecule has 0 aliphatic carbocycles. The highest BCUT2D eigenvalue weighted by molar-refractivity contribution is 5.77. The van der Waals surface area contributed by atoms with Gasteiger partial charge in [0.05, 0.1) is 12.8 Å². The van der Waals surface area contributed by atoms with Crippen LogP contribution in [0.5, 0.6) is 0 Å². The van der Waals surface area contributed by atoms with Gasteiger partial charge in [0.1, 0.15) is 17.9 Å². The van der Waals surface area contributed by atoms with Crippen molar-refractivity contribution in [1.82, 2.24) is 29.7 Å². The molecule has 0 amide bonds. The Morgan fingerprint density at radius 2 is 1.83 bits per heavy atom. The van der Waals surface area contributed by atoms with E-state index in [4.69, 9.17) is 9.72 Å². The molecule has 1 atom stereocenters. The molecule has 0 spiro atoms. The van der Waals surface area contributed by atoms with Crippen LogP contribution in [-0.4, -0.2) is 62.3 Å². The summed E-state index contributed by atoms with van der Waals surface area (Å²) in [5, 5.41) is 32.6. The molecule has 3 N–H and O–H groups in total. The Morgan fingerprint density at radius 1 is 1.12 bits per heavy atom. The third kappa shape index (κ3) is 7.26.